The number of rotatable bonds is 3. The molecule has 0 radical (unpaired) electrons. The quantitative estimate of drug-likeness (QED) is 0.924. The molecular weight excluding hydrogens is 328 g/mol. The number of nitrogens with zero attached hydrogens (tertiary/aromatic N) is 1. The van der Waals surface area contributed by atoms with Crippen LogP contribution in [0.25, 0.3) is 0 Å². The average Bonchev–Trinajstić information content (AvgIpc) is 2.59. The van der Waals surface area contributed by atoms with Gasteiger partial charge in [0, 0.05) is 12.0 Å². The monoisotopic (exact) mass is 350 g/mol. The lowest BCUT2D eigenvalue weighted by Crippen LogP contribution is -2.62. The highest BCUT2D eigenvalue weighted by Gasteiger charge is 2.38. The normalized spacial score (nSPS) is 19.4. The van der Waals surface area contributed by atoms with E-state index in [9.17, 15) is 9.59 Å². The number of benzene rings is 2. The number of para-hydroxylation sites is 1. The molecule has 2 amide bonds. The van der Waals surface area contributed by atoms with Crippen molar-refractivity contribution in [2.75, 3.05) is 13.1 Å². The second-order valence-corrected chi connectivity index (χ2v) is 7.09. The van der Waals surface area contributed by atoms with Gasteiger partial charge in [-0.15, -0.1) is 0 Å². The van der Waals surface area contributed by atoms with Crippen molar-refractivity contribution in [1.29, 1.82) is 0 Å². The smallest absolute Gasteiger partial charge is 0.252 e. The minimum absolute atomic E-state index is 0.00493. The first-order valence-electron chi connectivity index (χ1n) is 8.93. The fourth-order valence-electron chi connectivity index (χ4n) is 3.64. The third kappa shape index (κ3) is 2.94. The van der Waals surface area contributed by atoms with Gasteiger partial charge in [-0.25, -0.2) is 0 Å². The van der Waals surface area contributed by atoms with Crippen LogP contribution in [0.2, 0.25) is 0 Å². The van der Waals surface area contributed by atoms with E-state index in [2.05, 4.69) is 5.32 Å². The first-order valence-corrected chi connectivity index (χ1v) is 8.93. The van der Waals surface area contributed by atoms with Crippen molar-refractivity contribution in [2.45, 2.75) is 32.4 Å². The molecule has 2 aromatic rings. The van der Waals surface area contributed by atoms with Gasteiger partial charge >= 0.3 is 0 Å². The second-order valence-electron chi connectivity index (χ2n) is 7.09. The highest BCUT2D eigenvalue weighted by atomic mass is 16.5. The molecule has 26 heavy (non-hydrogen) atoms. The van der Waals surface area contributed by atoms with Gasteiger partial charge in [0.1, 0.15) is 17.9 Å². The van der Waals surface area contributed by atoms with Crippen LogP contribution in [-0.4, -0.2) is 41.9 Å². The molecule has 0 aromatic heterocycles. The lowest BCUT2D eigenvalue weighted by atomic mass is 9.94. The number of hydrogen-bond donors (Lipinski definition) is 1. The predicted octanol–water partition coefficient (Wildman–Crippen LogP) is 2.25. The molecule has 0 bridgehead atoms. The van der Waals surface area contributed by atoms with E-state index in [1.807, 2.05) is 50.2 Å². The van der Waals surface area contributed by atoms with Crippen LogP contribution in [0.4, 0.5) is 0 Å². The number of hydrogen-bond acceptors (Lipinski definition) is 3. The second kappa shape index (κ2) is 6.48. The Kier molecular flexibility index (Phi) is 4.15. The van der Waals surface area contributed by atoms with Crippen molar-refractivity contribution in [3.05, 3.63) is 64.7 Å². The third-order valence-electron chi connectivity index (χ3n) is 5.14. The molecule has 4 rings (SSSR count). The van der Waals surface area contributed by atoms with E-state index < -0.39 is 6.04 Å². The number of nitrogens with one attached hydrogen (secondary N) is 1. The van der Waals surface area contributed by atoms with Crippen molar-refractivity contribution in [2.24, 2.45) is 0 Å². The lowest BCUT2D eigenvalue weighted by Gasteiger charge is -2.41. The van der Waals surface area contributed by atoms with Crippen LogP contribution in [-0.2, 0) is 11.2 Å². The summed E-state index contributed by atoms with van der Waals surface area (Å²) < 4.78 is 6.08. The third-order valence-corrected chi connectivity index (χ3v) is 5.14. The molecule has 1 saturated heterocycles. The number of likely N-dealkylation sites (tertiary alicyclic amines) is 1. The van der Waals surface area contributed by atoms with Gasteiger partial charge in [-0.3, -0.25) is 9.59 Å². The highest BCUT2D eigenvalue weighted by Crippen LogP contribution is 2.27. The van der Waals surface area contributed by atoms with Crippen LogP contribution in [0.5, 0.6) is 5.75 Å². The van der Waals surface area contributed by atoms with Crippen LogP contribution in [0, 0.1) is 13.8 Å². The Bertz CT molecular complexity index is 851. The van der Waals surface area contributed by atoms with Crippen LogP contribution >= 0.6 is 0 Å². The zero-order chi connectivity index (χ0) is 18.3. The molecular formula is C21H22N2O3. The molecule has 134 valence electrons. The van der Waals surface area contributed by atoms with E-state index in [1.165, 1.54) is 0 Å². The summed E-state index contributed by atoms with van der Waals surface area (Å²) in [6.45, 7) is 5.17. The number of carbonyl (C=O) groups excluding carboxylic acids is 2. The van der Waals surface area contributed by atoms with Gasteiger partial charge in [0.15, 0.2) is 0 Å². The minimum Gasteiger partial charge on any atom is -0.486 e. The largest absolute Gasteiger partial charge is 0.486 e. The van der Waals surface area contributed by atoms with Crippen molar-refractivity contribution >= 4 is 11.8 Å². The maximum atomic E-state index is 12.7. The molecule has 0 spiro atoms. The molecule has 2 heterocycles. The molecule has 1 N–H and O–H groups in total. The van der Waals surface area contributed by atoms with Crippen LogP contribution < -0.4 is 10.1 Å². The van der Waals surface area contributed by atoms with Gasteiger partial charge in [0.2, 0.25) is 5.91 Å². The minimum atomic E-state index is -0.487. The Morgan fingerprint density at radius 2 is 1.77 bits per heavy atom. The molecule has 1 fully saturated rings. The summed E-state index contributed by atoms with van der Waals surface area (Å²) in [5.74, 6) is 0.702. The molecule has 1 atom stereocenters. The van der Waals surface area contributed by atoms with Crippen molar-refractivity contribution < 1.29 is 14.3 Å². The summed E-state index contributed by atoms with van der Waals surface area (Å²) >= 11 is 0. The molecule has 2 aliphatic rings. The van der Waals surface area contributed by atoms with Gasteiger partial charge in [-0.1, -0.05) is 36.4 Å². The Hall–Kier alpha value is -2.82. The van der Waals surface area contributed by atoms with E-state index in [4.69, 9.17) is 4.74 Å². The molecule has 2 aromatic carbocycles. The van der Waals surface area contributed by atoms with Crippen molar-refractivity contribution in [1.82, 2.24) is 10.2 Å². The fourth-order valence-corrected chi connectivity index (χ4v) is 3.64. The summed E-state index contributed by atoms with van der Waals surface area (Å²) in [7, 11) is 0. The summed E-state index contributed by atoms with van der Waals surface area (Å²) in [6.07, 6.45) is 0.546. The summed E-state index contributed by atoms with van der Waals surface area (Å²) in [6, 6.07) is 13.0. The van der Waals surface area contributed by atoms with Crippen molar-refractivity contribution in [3.8, 4) is 5.75 Å². The molecule has 5 nitrogen and oxygen atoms in total. The van der Waals surface area contributed by atoms with E-state index in [0.717, 1.165) is 22.4 Å². The molecule has 2 aliphatic heterocycles. The average molecular weight is 350 g/mol. The number of amides is 2. The zero-order valence-corrected chi connectivity index (χ0v) is 15.0. The standard InChI is InChI=1S/C21H22N2O3/c1-13-6-5-7-14(2)19(13)26-16-11-23(12-16)21(25)18-10-15-8-3-4-9-17(15)20(24)22-18/h3-9,16,18H,10-12H2,1-2H3,(H,22,24). The van der Waals surface area contributed by atoms with Crippen LogP contribution in [0.15, 0.2) is 42.5 Å². The summed E-state index contributed by atoms with van der Waals surface area (Å²) in [5.41, 5.74) is 3.80. The molecule has 0 aliphatic carbocycles. The van der Waals surface area contributed by atoms with Crippen LogP contribution in [0.3, 0.4) is 0 Å². The van der Waals surface area contributed by atoms with Gasteiger partial charge < -0.3 is 15.0 Å². The van der Waals surface area contributed by atoms with Gasteiger partial charge in [0.25, 0.3) is 5.91 Å². The lowest BCUT2D eigenvalue weighted by molar-refractivity contribution is -0.142. The van der Waals surface area contributed by atoms with Crippen LogP contribution in [0.1, 0.15) is 27.0 Å². The summed E-state index contributed by atoms with van der Waals surface area (Å²) in [5, 5.41) is 2.83. The van der Waals surface area contributed by atoms with E-state index in [0.29, 0.717) is 25.1 Å². The number of aryl methyl sites for hydroxylation is 2. The Morgan fingerprint density at radius 3 is 2.50 bits per heavy atom. The zero-order valence-electron chi connectivity index (χ0n) is 15.0. The first-order chi connectivity index (χ1) is 12.5. The summed E-state index contributed by atoms with van der Waals surface area (Å²) in [4.78, 5) is 26.7. The highest BCUT2D eigenvalue weighted by molar-refractivity contribution is 6.00. The molecule has 5 heteroatoms. The number of carbonyl (C=O) groups is 2. The van der Waals surface area contributed by atoms with Crippen molar-refractivity contribution in [3.63, 3.8) is 0 Å². The van der Waals surface area contributed by atoms with E-state index >= 15 is 0 Å². The Balaban J connectivity index is 1.38. The Morgan fingerprint density at radius 1 is 1.08 bits per heavy atom. The SMILES string of the molecule is Cc1cccc(C)c1OC1CN(C(=O)C2Cc3ccccc3C(=O)N2)C1. The Labute approximate surface area is 153 Å². The van der Waals surface area contributed by atoms with Gasteiger partial charge in [-0.05, 0) is 36.6 Å². The molecule has 0 saturated carbocycles. The molecule has 1 unspecified atom stereocenters. The fraction of sp³-hybridized carbons (Fsp3) is 0.333. The first kappa shape index (κ1) is 16.6. The van der Waals surface area contributed by atoms with E-state index in [1.54, 1.807) is 11.0 Å². The van der Waals surface area contributed by atoms with Gasteiger partial charge in [0.05, 0.1) is 13.1 Å². The topological polar surface area (TPSA) is 58.6 Å². The van der Waals surface area contributed by atoms with E-state index in [-0.39, 0.29) is 17.9 Å². The maximum absolute atomic E-state index is 12.7. The predicted molar refractivity (Wildman–Crippen MR) is 98.3 cm³/mol. The van der Waals surface area contributed by atoms with Gasteiger partial charge in [-0.2, -0.15) is 0 Å². The number of fused-ring (bicyclic) bond motifs is 1. The maximum Gasteiger partial charge on any atom is 0.252 e. The number of ether oxygens (including phenoxy) is 1.